The number of hydrogen-bond acceptors (Lipinski definition) is 4. The fourth-order valence-electron chi connectivity index (χ4n) is 1.84. The van der Waals surface area contributed by atoms with E-state index in [0.717, 1.165) is 17.0 Å². The van der Waals surface area contributed by atoms with Crippen molar-refractivity contribution in [2.75, 3.05) is 19.1 Å². The minimum atomic E-state index is -0.425. The van der Waals surface area contributed by atoms with Crippen LogP contribution in [0, 0.1) is 10.1 Å². The lowest BCUT2D eigenvalue weighted by molar-refractivity contribution is -0.384. The molecule has 0 spiro atoms. The Morgan fingerprint density at radius 2 is 1.71 bits per heavy atom. The van der Waals surface area contributed by atoms with Gasteiger partial charge in [0.05, 0.1) is 12.0 Å². The lowest BCUT2D eigenvalue weighted by atomic mass is 10.2. The van der Waals surface area contributed by atoms with Gasteiger partial charge in [0.2, 0.25) is 0 Å². The zero-order valence-corrected chi connectivity index (χ0v) is 12.5. The van der Waals surface area contributed by atoms with Gasteiger partial charge in [0.25, 0.3) is 5.69 Å². The Labute approximate surface area is 127 Å². The van der Waals surface area contributed by atoms with Crippen LogP contribution >= 0.6 is 12.2 Å². The molecule has 0 saturated heterocycles. The van der Waals surface area contributed by atoms with Gasteiger partial charge in [-0.2, -0.15) is 0 Å². The van der Waals surface area contributed by atoms with Gasteiger partial charge in [-0.1, -0.05) is 12.2 Å². The predicted octanol–water partition coefficient (Wildman–Crippen LogP) is 3.42. The average molecular weight is 302 g/mol. The molecule has 0 N–H and O–H groups in total. The number of nitro benzene ring substituents is 1. The summed E-state index contributed by atoms with van der Waals surface area (Å²) in [5.41, 5.74) is 1.73. The molecule has 0 aliphatic heterocycles. The van der Waals surface area contributed by atoms with Crippen molar-refractivity contribution in [3.63, 3.8) is 0 Å². The first kappa shape index (κ1) is 14.9. The maximum Gasteiger partial charge on any atom is 0.269 e. The van der Waals surface area contributed by atoms with Crippen LogP contribution in [0.1, 0.15) is 5.56 Å². The van der Waals surface area contributed by atoms with E-state index >= 15 is 0 Å². The average Bonchev–Trinajstić information content (AvgIpc) is 2.53. The van der Waals surface area contributed by atoms with E-state index in [-0.39, 0.29) is 5.69 Å². The van der Waals surface area contributed by atoms with E-state index in [1.807, 2.05) is 31.3 Å². The highest BCUT2D eigenvalue weighted by molar-refractivity contribution is 7.81. The van der Waals surface area contributed by atoms with Crippen molar-refractivity contribution in [2.45, 2.75) is 0 Å². The number of hydrogen-bond donors (Lipinski definition) is 0. The van der Waals surface area contributed by atoms with Gasteiger partial charge in [-0.3, -0.25) is 10.1 Å². The smallest absolute Gasteiger partial charge is 0.269 e. The summed E-state index contributed by atoms with van der Waals surface area (Å²) in [4.78, 5) is 12.7. The second-order valence-corrected chi connectivity index (χ2v) is 4.75. The van der Waals surface area contributed by atoms with Crippen LogP contribution < -0.4 is 9.64 Å². The Hall–Kier alpha value is -2.47. The minimum Gasteiger partial charge on any atom is -0.497 e. The molecule has 0 aliphatic carbocycles. The van der Waals surface area contributed by atoms with Crippen molar-refractivity contribution >= 4 is 28.6 Å². The summed E-state index contributed by atoms with van der Waals surface area (Å²) < 4.78 is 5.11. The van der Waals surface area contributed by atoms with Gasteiger partial charge < -0.3 is 9.64 Å². The maximum atomic E-state index is 10.7. The van der Waals surface area contributed by atoms with E-state index in [0.29, 0.717) is 4.99 Å². The van der Waals surface area contributed by atoms with Crippen LogP contribution in [0.2, 0.25) is 0 Å². The van der Waals surface area contributed by atoms with E-state index in [9.17, 15) is 10.1 Å². The fraction of sp³-hybridized carbons (Fsp3) is 0.133. The summed E-state index contributed by atoms with van der Waals surface area (Å²) >= 11 is 5.44. The topological polar surface area (TPSA) is 55.6 Å². The summed E-state index contributed by atoms with van der Waals surface area (Å²) in [6.07, 6.45) is 0. The monoisotopic (exact) mass is 302 g/mol. The highest BCUT2D eigenvalue weighted by Gasteiger charge is 2.11. The maximum absolute atomic E-state index is 10.7. The van der Waals surface area contributed by atoms with Crippen LogP contribution in [-0.4, -0.2) is 24.1 Å². The Kier molecular flexibility index (Phi) is 4.49. The van der Waals surface area contributed by atoms with Gasteiger partial charge in [0.15, 0.2) is 0 Å². The Balaban J connectivity index is 2.19. The summed E-state index contributed by atoms with van der Waals surface area (Å²) in [7, 11) is 3.43. The second kappa shape index (κ2) is 6.32. The molecular formula is C15H14N2O3S. The molecule has 2 rings (SSSR count). The van der Waals surface area contributed by atoms with Crippen molar-refractivity contribution in [3.8, 4) is 5.75 Å². The highest BCUT2D eigenvalue weighted by atomic mass is 32.1. The zero-order valence-electron chi connectivity index (χ0n) is 11.6. The summed E-state index contributed by atoms with van der Waals surface area (Å²) in [5.74, 6) is 0.763. The molecule has 5 nitrogen and oxygen atoms in total. The van der Waals surface area contributed by atoms with Gasteiger partial charge in [0.1, 0.15) is 10.7 Å². The van der Waals surface area contributed by atoms with E-state index < -0.39 is 4.92 Å². The van der Waals surface area contributed by atoms with E-state index in [4.69, 9.17) is 17.0 Å². The van der Waals surface area contributed by atoms with Crippen molar-refractivity contribution in [2.24, 2.45) is 0 Å². The highest BCUT2D eigenvalue weighted by Crippen LogP contribution is 2.21. The molecule has 108 valence electrons. The number of rotatable bonds is 4. The van der Waals surface area contributed by atoms with Crippen molar-refractivity contribution in [3.05, 3.63) is 64.2 Å². The predicted molar refractivity (Wildman–Crippen MR) is 86.2 cm³/mol. The van der Waals surface area contributed by atoms with Gasteiger partial charge >= 0.3 is 0 Å². The zero-order chi connectivity index (χ0) is 15.4. The molecule has 6 heteroatoms. The van der Waals surface area contributed by atoms with Gasteiger partial charge in [-0.15, -0.1) is 0 Å². The molecule has 0 saturated carbocycles. The van der Waals surface area contributed by atoms with E-state index in [2.05, 4.69) is 0 Å². The Morgan fingerprint density at radius 1 is 1.14 bits per heavy atom. The van der Waals surface area contributed by atoms with Crippen LogP contribution in [-0.2, 0) is 0 Å². The third-order valence-electron chi connectivity index (χ3n) is 3.09. The SMILES string of the molecule is COc1ccc(C(=S)N(C)c2ccc([N+](=O)[O-])cc2)cc1. The molecule has 21 heavy (non-hydrogen) atoms. The van der Waals surface area contributed by atoms with Crippen LogP contribution in [0.15, 0.2) is 48.5 Å². The molecule has 0 fully saturated rings. The summed E-state index contributed by atoms with van der Waals surface area (Å²) in [6, 6.07) is 13.7. The number of nitrogens with zero attached hydrogens (tertiary/aromatic N) is 2. The van der Waals surface area contributed by atoms with Gasteiger partial charge in [0, 0.05) is 30.4 Å². The molecule has 0 atom stereocenters. The van der Waals surface area contributed by atoms with Gasteiger partial charge in [-0.25, -0.2) is 0 Å². The number of ether oxygens (including phenoxy) is 1. The summed E-state index contributed by atoms with van der Waals surface area (Å²) in [6.45, 7) is 0. The van der Waals surface area contributed by atoms with Crippen molar-refractivity contribution in [1.82, 2.24) is 0 Å². The normalized spacial score (nSPS) is 10.0. The molecule has 0 amide bonds. The van der Waals surface area contributed by atoms with Crippen LogP contribution in [0.4, 0.5) is 11.4 Å². The molecule has 0 heterocycles. The van der Waals surface area contributed by atoms with E-state index in [1.165, 1.54) is 12.1 Å². The minimum absolute atomic E-state index is 0.0579. The largest absolute Gasteiger partial charge is 0.497 e. The fourth-order valence-corrected chi connectivity index (χ4v) is 2.08. The summed E-state index contributed by atoms with van der Waals surface area (Å²) in [5, 5.41) is 10.7. The van der Waals surface area contributed by atoms with Crippen LogP contribution in [0.5, 0.6) is 5.75 Å². The number of methoxy groups -OCH3 is 1. The number of nitro groups is 1. The molecule has 2 aromatic carbocycles. The van der Waals surface area contributed by atoms with Crippen molar-refractivity contribution < 1.29 is 9.66 Å². The van der Waals surface area contributed by atoms with Crippen LogP contribution in [0.3, 0.4) is 0 Å². The Morgan fingerprint density at radius 3 is 2.19 bits per heavy atom. The molecule has 0 aromatic heterocycles. The lowest BCUT2D eigenvalue weighted by Crippen LogP contribution is -2.25. The third kappa shape index (κ3) is 3.35. The molecule has 0 bridgehead atoms. The number of anilines is 1. The number of non-ortho nitro benzene ring substituents is 1. The van der Waals surface area contributed by atoms with E-state index in [1.54, 1.807) is 24.1 Å². The first-order chi connectivity index (χ1) is 10.0. The Bertz CT molecular complexity index is 654. The standard InChI is InChI=1S/C15H14N2O3S/c1-16(12-5-7-13(8-6-12)17(18)19)15(21)11-3-9-14(20-2)10-4-11/h3-10H,1-2H3. The molecule has 0 aliphatic rings. The van der Waals surface area contributed by atoms with Gasteiger partial charge in [-0.05, 0) is 36.4 Å². The van der Waals surface area contributed by atoms with Crippen LogP contribution in [0.25, 0.3) is 0 Å². The number of benzene rings is 2. The lowest BCUT2D eigenvalue weighted by Gasteiger charge is -2.20. The number of thiocarbonyl (C=S) groups is 1. The second-order valence-electron chi connectivity index (χ2n) is 4.37. The third-order valence-corrected chi connectivity index (χ3v) is 3.60. The molecule has 2 aromatic rings. The first-order valence-corrected chi connectivity index (χ1v) is 6.60. The van der Waals surface area contributed by atoms with Crippen molar-refractivity contribution in [1.29, 1.82) is 0 Å². The quantitative estimate of drug-likeness (QED) is 0.492. The molecular weight excluding hydrogens is 288 g/mol. The molecule has 0 radical (unpaired) electrons. The first-order valence-electron chi connectivity index (χ1n) is 6.19. The molecule has 0 unspecified atom stereocenters.